The molecule has 0 radical (unpaired) electrons. The molecule has 4 heteroatoms. The van der Waals surface area contributed by atoms with Crippen LogP contribution < -0.4 is 0 Å². The third-order valence-electron chi connectivity index (χ3n) is 5.42. The molecule has 26 heavy (non-hydrogen) atoms. The molecule has 0 N–H and O–H groups in total. The average molecular weight is 386 g/mol. The molecule has 0 saturated carbocycles. The van der Waals surface area contributed by atoms with Gasteiger partial charge < -0.3 is 4.90 Å². The van der Waals surface area contributed by atoms with Gasteiger partial charge in [0, 0.05) is 13.1 Å². The molecule has 0 spiro atoms. The van der Waals surface area contributed by atoms with Gasteiger partial charge in [-0.05, 0) is 38.6 Å². The number of hydrogen-bond donors (Lipinski definition) is 0. The molecule has 1 heterocycles. The standard InChI is InChI=1S/C22H43NO2S/c1-2-3-4-5-6-7-8-9-10-11-12-13-14-15-16-17-18-23-19-21-26(24,25)22-20-23/h9-10H,2-8,11-22H2,1H3. The Hall–Kier alpha value is -0.350. The van der Waals surface area contributed by atoms with Crippen LogP contribution in [0.15, 0.2) is 12.2 Å². The van der Waals surface area contributed by atoms with Crippen LogP contribution in [0.4, 0.5) is 0 Å². The molecule has 1 aliphatic rings. The Balaban J connectivity index is 1.77. The normalized spacial score (nSPS) is 17.9. The zero-order chi connectivity index (χ0) is 18.9. The SMILES string of the molecule is CCCCCCCCC=CCCCCCCCCN1CCS(=O)(=O)CC1. The lowest BCUT2D eigenvalue weighted by Gasteiger charge is -2.26. The van der Waals surface area contributed by atoms with Gasteiger partial charge in [0.05, 0.1) is 11.5 Å². The van der Waals surface area contributed by atoms with Gasteiger partial charge in [-0.3, -0.25) is 0 Å². The summed E-state index contributed by atoms with van der Waals surface area (Å²) in [6.07, 6.45) is 23.5. The Morgan fingerprint density at radius 2 is 1.15 bits per heavy atom. The largest absolute Gasteiger partial charge is 0.301 e. The first-order valence-corrected chi connectivity index (χ1v) is 13.0. The molecule has 1 saturated heterocycles. The van der Waals surface area contributed by atoms with Crippen molar-refractivity contribution >= 4 is 9.84 Å². The summed E-state index contributed by atoms with van der Waals surface area (Å²) in [6, 6.07) is 0. The summed E-state index contributed by atoms with van der Waals surface area (Å²) >= 11 is 0. The predicted octanol–water partition coefficient (Wildman–Crippen LogP) is 5.75. The lowest BCUT2D eigenvalue weighted by atomic mass is 10.1. The van der Waals surface area contributed by atoms with Gasteiger partial charge in [-0.25, -0.2) is 8.42 Å². The van der Waals surface area contributed by atoms with Gasteiger partial charge >= 0.3 is 0 Å². The van der Waals surface area contributed by atoms with Crippen molar-refractivity contribution in [2.24, 2.45) is 0 Å². The van der Waals surface area contributed by atoms with Crippen LogP contribution in [0, 0.1) is 0 Å². The van der Waals surface area contributed by atoms with Crippen LogP contribution in [0.25, 0.3) is 0 Å². The van der Waals surface area contributed by atoms with Gasteiger partial charge in [-0.2, -0.15) is 0 Å². The lowest BCUT2D eigenvalue weighted by molar-refractivity contribution is 0.287. The van der Waals surface area contributed by atoms with Crippen molar-refractivity contribution in [1.29, 1.82) is 0 Å². The Morgan fingerprint density at radius 1 is 0.692 bits per heavy atom. The molecule has 3 nitrogen and oxygen atoms in total. The molecule has 0 aromatic rings. The quantitative estimate of drug-likeness (QED) is 0.250. The average Bonchev–Trinajstić information content (AvgIpc) is 2.62. The summed E-state index contributed by atoms with van der Waals surface area (Å²) in [5.74, 6) is 0.721. The highest BCUT2D eigenvalue weighted by Crippen LogP contribution is 2.11. The summed E-state index contributed by atoms with van der Waals surface area (Å²) in [5, 5.41) is 0. The maximum atomic E-state index is 11.4. The van der Waals surface area contributed by atoms with Crippen LogP contribution in [0.2, 0.25) is 0 Å². The summed E-state index contributed by atoms with van der Waals surface area (Å²) in [7, 11) is -2.72. The fourth-order valence-electron chi connectivity index (χ4n) is 3.56. The zero-order valence-corrected chi connectivity index (χ0v) is 18.1. The number of allylic oxidation sites excluding steroid dienone is 2. The molecule has 0 aromatic heterocycles. The van der Waals surface area contributed by atoms with E-state index in [4.69, 9.17) is 0 Å². The summed E-state index contributed by atoms with van der Waals surface area (Å²) < 4.78 is 22.8. The lowest BCUT2D eigenvalue weighted by Crippen LogP contribution is -2.40. The van der Waals surface area contributed by atoms with Crippen LogP contribution in [0.1, 0.15) is 96.8 Å². The van der Waals surface area contributed by atoms with E-state index < -0.39 is 9.84 Å². The number of nitrogens with zero attached hydrogens (tertiary/aromatic N) is 1. The molecule has 0 aromatic carbocycles. The monoisotopic (exact) mass is 385 g/mol. The number of hydrogen-bond acceptors (Lipinski definition) is 3. The summed E-state index contributed by atoms with van der Waals surface area (Å²) in [5.41, 5.74) is 0. The van der Waals surface area contributed by atoms with E-state index in [1.807, 2.05) is 0 Å². The van der Waals surface area contributed by atoms with Crippen molar-refractivity contribution in [1.82, 2.24) is 4.90 Å². The Morgan fingerprint density at radius 3 is 1.69 bits per heavy atom. The first-order valence-electron chi connectivity index (χ1n) is 11.2. The molecule has 1 fully saturated rings. The maximum Gasteiger partial charge on any atom is 0.152 e. The summed E-state index contributed by atoms with van der Waals surface area (Å²) in [6.45, 7) is 4.84. The van der Waals surface area contributed by atoms with Crippen LogP contribution >= 0.6 is 0 Å². The topological polar surface area (TPSA) is 37.4 Å². The van der Waals surface area contributed by atoms with Crippen molar-refractivity contribution in [2.45, 2.75) is 96.8 Å². The third kappa shape index (κ3) is 13.8. The van der Waals surface area contributed by atoms with Gasteiger partial charge in [-0.1, -0.05) is 76.9 Å². The highest BCUT2D eigenvalue weighted by Gasteiger charge is 2.20. The fraction of sp³-hybridized carbons (Fsp3) is 0.909. The van der Waals surface area contributed by atoms with Crippen molar-refractivity contribution in [3.05, 3.63) is 12.2 Å². The molecule has 1 rings (SSSR count). The van der Waals surface area contributed by atoms with E-state index in [9.17, 15) is 8.42 Å². The minimum Gasteiger partial charge on any atom is -0.301 e. The molecule has 0 bridgehead atoms. The minimum atomic E-state index is -2.72. The van der Waals surface area contributed by atoms with Crippen LogP contribution in [-0.4, -0.2) is 44.5 Å². The minimum absolute atomic E-state index is 0.360. The van der Waals surface area contributed by atoms with Gasteiger partial charge in [-0.15, -0.1) is 0 Å². The fourth-order valence-corrected chi connectivity index (χ4v) is 4.83. The van der Waals surface area contributed by atoms with E-state index in [2.05, 4.69) is 24.0 Å². The van der Waals surface area contributed by atoms with Crippen molar-refractivity contribution in [3.8, 4) is 0 Å². The number of unbranched alkanes of at least 4 members (excludes halogenated alkanes) is 12. The van der Waals surface area contributed by atoms with E-state index >= 15 is 0 Å². The molecule has 0 atom stereocenters. The Bertz CT molecular complexity index is 431. The highest BCUT2D eigenvalue weighted by atomic mass is 32.2. The highest BCUT2D eigenvalue weighted by molar-refractivity contribution is 7.91. The van der Waals surface area contributed by atoms with Crippen LogP contribution in [0.5, 0.6) is 0 Å². The van der Waals surface area contributed by atoms with Crippen molar-refractivity contribution in [2.75, 3.05) is 31.1 Å². The summed E-state index contributed by atoms with van der Waals surface area (Å²) in [4.78, 5) is 2.32. The third-order valence-corrected chi connectivity index (χ3v) is 7.03. The van der Waals surface area contributed by atoms with E-state index in [0.29, 0.717) is 11.5 Å². The van der Waals surface area contributed by atoms with Gasteiger partial charge in [0.2, 0.25) is 0 Å². The number of sulfone groups is 1. The van der Waals surface area contributed by atoms with Crippen molar-refractivity contribution < 1.29 is 8.42 Å². The molecule has 154 valence electrons. The Kier molecular flexibility index (Phi) is 14.3. The molecular weight excluding hydrogens is 342 g/mol. The molecule has 0 aliphatic carbocycles. The van der Waals surface area contributed by atoms with Crippen molar-refractivity contribution in [3.63, 3.8) is 0 Å². The second kappa shape index (κ2) is 15.7. The predicted molar refractivity (Wildman–Crippen MR) is 115 cm³/mol. The van der Waals surface area contributed by atoms with E-state index in [0.717, 1.165) is 19.6 Å². The molecule has 1 aliphatic heterocycles. The zero-order valence-electron chi connectivity index (χ0n) is 17.3. The molecule has 0 unspecified atom stereocenters. The smallest absolute Gasteiger partial charge is 0.152 e. The van der Waals surface area contributed by atoms with E-state index in [1.54, 1.807) is 0 Å². The van der Waals surface area contributed by atoms with Crippen LogP contribution in [0.3, 0.4) is 0 Å². The van der Waals surface area contributed by atoms with Gasteiger partial charge in [0.15, 0.2) is 9.84 Å². The molecular formula is C22H43NO2S. The van der Waals surface area contributed by atoms with E-state index in [1.165, 1.54) is 89.9 Å². The van der Waals surface area contributed by atoms with E-state index in [-0.39, 0.29) is 0 Å². The van der Waals surface area contributed by atoms with Gasteiger partial charge in [0.25, 0.3) is 0 Å². The molecule has 0 amide bonds. The second-order valence-corrected chi connectivity index (χ2v) is 10.2. The first-order chi connectivity index (χ1) is 12.6. The maximum absolute atomic E-state index is 11.4. The van der Waals surface area contributed by atoms with Crippen LogP contribution in [-0.2, 0) is 9.84 Å². The second-order valence-electron chi connectivity index (χ2n) is 7.93. The Labute approximate surface area is 163 Å². The number of rotatable bonds is 16. The van der Waals surface area contributed by atoms with Gasteiger partial charge in [0.1, 0.15) is 0 Å². The first kappa shape index (κ1) is 23.7.